The summed E-state index contributed by atoms with van der Waals surface area (Å²) in [5.74, 6) is 0.0996. The Kier molecular flexibility index (Phi) is 5.18. The first-order chi connectivity index (χ1) is 11.4. The van der Waals surface area contributed by atoms with Gasteiger partial charge in [-0.3, -0.25) is 14.9 Å². The largest absolute Gasteiger partial charge is 0.298 e. The minimum Gasteiger partial charge on any atom is -0.298 e. The first-order valence-electron chi connectivity index (χ1n) is 7.90. The Morgan fingerprint density at radius 3 is 2.79 bits per heavy atom. The van der Waals surface area contributed by atoms with Gasteiger partial charge in [-0.25, -0.2) is 8.42 Å². The van der Waals surface area contributed by atoms with E-state index >= 15 is 0 Å². The summed E-state index contributed by atoms with van der Waals surface area (Å²) in [6, 6.07) is 5.53. The van der Waals surface area contributed by atoms with Gasteiger partial charge in [-0.15, -0.1) is 0 Å². The second-order valence-corrected chi connectivity index (χ2v) is 8.66. The van der Waals surface area contributed by atoms with Crippen LogP contribution in [0.3, 0.4) is 0 Å². The Hall–Kier alpha value is -1.50. The smallest absolute Gasteiger partial charge is 0.177 e. The van der Waals surface area contributed by atoms with Gasteiger partial charge in [0.05, 0.1) is 15.6 Å². The highest BCUT2D eigenvalue weighted by Gasteiger charge is 2.27. The molecule has 1 fully saturated rings. The average Bonchev–Trinajstić information content (AvgIpc) is 2.55. The summed E-state index contributed by atoms with van der Waals surface area (Å²) >= 11 is 5.95. The molecule has 0 unspecified atom stereocenters. The molecule has 0 spiro atoms. The zero-order valence-corrected chi connectivity index (χ0v) is 15.1. The second-order valence-electron chi connectivity index (χ2n) is 6.24. The van der Waals surface area contributed by atoms with Gasteiger partial charge in [-0.2, -0.15) is 0 Å². The van der Waals surface area contributed by atoms with Crippen molar-refractivity contribution in [2.75, 3.05) is 19.3 Å². The Morgan fingerprint density at radius 2 is 2.08 bits per heavy atom. The molecule has 128 valence electrons. The van der Waals surface area contributed by atoms with Gasteiger partial charge >= 0.3 is 0 Å². The third kappa shape index (κ3) is 4.12. The monoisotopic (exact) mass is 365 g/mol. The highest BCUT2D eigenvalue weighted by atomic mass is 35.5. The number of pyridine rings is 2. The van der Waals surface area contributed by atoms with Gasteiger partial charge in [0.15, 0.2) is 9.84 Å². The molecule has 0 aromatic carbocycles. The van der Waals surface area contributed by atoms with Crippen LogP contribution in [0.25, 0.3) is 0 Å². The molecule has 3 rings (SSSR count). The molecule has 0 saturated carbocycles. The summed E-state index contributed by atoms with van der Waals surface area (Å²) in [7, 11) is -3.36. The Balaban J connectivity index is 1.83. The minimum absolute atomic E-state index is 0.0996. The number of aromatic nitrogens is 2. The summed E-state index contributed by atoms with van der Waals surface area (Å²) in [6.45, 7) is 2.63. The molecule has 0 radical (unpaired) electrons. The molecule has 7 heteroatoms. The Bertz CT molecular complexity index is 812. The summed E-state index contributed by atoms with van der Waals surface area (Å²) in [5, 5.41) is 0.351. The zero-order valence-electron chi connectivity index (χ0n) is 13.5. The third-order valence-corrected chi connectivity index (χ3v) is 5.63. The van der Waals surface area contributed by atoms with E-state index in [4.69, 9.17) is 11.6 Å². The number of rotatable bonds is 4. The summed E-state index contributed by atoms with van der Waals surface area (Å²) < 4.78 is 24.2. The van der Waals surface area contributed by atoms with E-state index < -0.39 is 9.84 Å². The third-order valence-electron chi connectivity index (χ3n) is 4.30. The van der Waals surface area contributed by atoms with E-state index in [-0.39, 0.29) is 10.8 Å². The number of hydrogen-bond acceptors (Lipinski definition) is 5. The lowest BCUT2D eigenvalue weighted by molar-refractivity contribution is 0.197. The molecule has 1 aliphatic rings. The zero-order chi connectivity index (χ0) is 17.2. The summed E-state index contributed by atoms with van der Waals surface area (Å²) in [6.07, 6.45) is 8.28. The van der Waals surface area contributed by atoms with E-state index in [1.807, 2.05) is 12.1 Å². The van der Waals surface area contributed by atoms with Crippen molar-refractivity contribution in [3.05, 3.63) is 53.1 Å². The maximum Gasteiger partial charge on any atom is 0.177 e. The quantitative estimate of drug-likeness (QED) is 0.833. The Morgan fingerprint density at radius 1 is 1.33 bits per heavy atom. The van der Waals surface area contributed by atoms with Crippen molar-refractivity contribution in [3.63, 3.8) is 0 Å². The second kappa shape index (κ2) is 7.17. The Labute approximate surface area is 147 Å². The molecule has 3 heterocycles. The number of hydrogen-bond donors (Lipinski definition) is 0. The topological polar surface area (TPSA) is 63.2 Å². The van der Waals surface area contributed by atoms with Gasteiger partial charge in [0.2, 0.25) is 0 Å². The molecule has 0 bridgehead atoms. The van der Waals surface area contributed by atoms with Gasteiger partial charge in [0.25, 0.3) is 0 Å². The van der Waals surface area contributed by atoms with Crippen LogP contribution in [-0.2, 0) is 16.4 Å². The predicted octanol–water partition coefficient (Wildman–Crippen LogP) is 2.91. The van der Waals surface area contributed by atoms with E-state index in [1.54, 1.807) is 12.4 Å². The van der Waals surface area contributed by atoms with Crippen LogP contribution < -0.4 is 0 Å². The number of piperidine rings is 1. The lowest BCUT2D eigenvalue weighted by Crippen LogP contribution is -2.34. The van der Waals surface area contributed by atoms with Gasteiger partial charge in [-0.05, 0) is 43.1 Å². The molecule has 2 aromatic rings. The van der Waals surface area contributed by atoms with Gasteiger partial charge in [0, 0.05) is 43.9 Å². The molecule has 0 amide bonds. The van der Waals surface area contributed by atoms with Gasteiger partial charge < -0.3 is 0 Å². The van der Waals surface area contributed by atoms with Crippen molar-refractivity contribution < 1.29 is 8.42 Å². The first-order valence-corrected chi connectivity index (χ1v) is 10.2. The lowest BCUT2D eigenvalue weighted by Gasteiger charge is -2.33. The van der Waals surface area contributed by atoms with E-state index in [0.29, 0.717) is 10.7 Å². The molecule has 1 saturated heterocycles. The first kappa shape index (κ1) is 17.3. The predicted molar refractivity (Wildman–Crippen MR) is 93.8 cm³/mol. The van der Waals surface area contributed by atoms with Gasteiger partial charge in [-0.1, -0.05) is 11.6 Å². The van der Waals surface area contributed by atoms with E-state index in [0.717, 1.165) is 32.5 Å². The normalized spacial score (nSPS) is 19.3. The molecule has 0 aliphatic carbocycles. The van der Waals surface area contributed by atoms with Crippen molar-refractivity contribution >= 4 is 21.4 Å². The fraction of sp³-hybridized carbons (Fsp3) is 0.412. The summed E-state index contributed by atoms with van der Waals surface area (Å²) in [4.78, 5) is 11.0. The van der Waals surface area contributed by atoms with Crippen molar-refractivity contribution in [1.29, 1.82) is 0 Å². The lowest BCUT2D eigenvalue weighted by atomic mass is 9.94. The molecule has 5 nitrogen and oxygen atoms in total. The van der Waals surface area contributed by atoms with Crippen LogP contribution in [0.4, 0.5) is 0 Å². The minimum atomic E-state index is -3.36. The van der Waals surface area contributed by atoms with Gasteiger partial charge in [0.1, 0.15) is 0 Å². The van der Waals surface area contributed by atoms with Crippen LogP contribution in [0.5, 0.6) is 0 Å². The van der Waals surface area contributed by atoms with Crippen molar-refractivity contribution in [3.8, 4) is 0 Å². The number of halogens is 1. The van der Waals surface area contributed by atoms with Crippen LogP contribution in [0.1, 0.15) is 30.0 Å². The average molecular weight is 366 g/mol. The fourth-order valence-electron chi connectivity index (χ4n) is 3.20. The molecule has 0 N–H and O–H groups in total. The van der Waals surface area contributed by atoms with Crippen LogP contribution in [0.15, 0.2) is 41.7 Å². The van der Waals surface area contributed by atoms with Crippen LogP contribution >= 0.6 is 11.6 Å². The van der Waals surface area contributed by atoms with Crippen LogP contribution in [-0.4, -0.2) is 42.6 Å². The van der Waals surface area contributed by atoms with Crippen molar-refractivity contribution in [1.82, 2.24) is 14.9 Å². The molecule has 1 aliphatic heterocycles. The standard InChI is InChI=1S/C17H20ClN3O2S/c1-24(22,23)16-9-15(18)10-20-17(16)14-3-2-8-21(12-14)11-13-4-6-19-7-5-13/h4-7,9-10,14H,2-3,8,11-12H2,1H3/t14-/m1/s1. The highest BCUT2D eigenvalue weighted by molar-refractivity contribution is 7.90. The van der Waals surface area contributed by atoms with E-state index in [9.17, 15) is 8.42 Å². The fourth-order valence-corrected chi connectivity index (χ4v) is 4.37. The molecular weight excluding hydrogens is 346 g/mol. The number of nitrogens with zero attached hydrogens (tertiary/aromatic N) is 3. The number of likely N-dealkylation sites (tertiary alicyclic amines) is 1. The van der Waals surface area contributed by atoms with Crippen LogP contribution in [0.2, 0.25) is 5.02 Å². The SMILES string of the molecule is CS(=O)(=O)c1cc(Cl)cnc1[C@@H]1CCCN(Cc2ccncc2)C1. The molecule has 24 heavy (non-hydrogen) atoms. The molecule has 1 atom stereocenters. The highest BCUT2D eigenvalue weighted by Crippen LogP contribution is 2.31. The maximum atomic E-state index is 12.1. The van der Waals surface area contributed by atoms with Crippen molar-refractivity contribution in [2.24, 2.45) is 0 Å². The maximum absolute atomic E-state index is 12.1. The van der Waals surface area contributed by atoms with Crippen molar-refractivity contribution in [2.45, 2.75) is 30.2 Å². The molecule has 2 aromatic heterocycles. The van der Waals surface area contributed by atoms with E-state index in [1.165, 1.54) is 24.1 Å². The van der Waals surface area contributed by atoms with Crippen LogP contribution in [0, 0.1) is 0 Å². The molecular formula is C17H20ClN3O2S. The number of sulfone groups is 1. The summed E-state index contributed by atoms with van der Waals surface area (Å²) in [5.41, 5.74) is 1.85. The van der Waals surface area contributed by atoms with E-state index in [2.05, 4.69) is 14.9 Å².